The summed E-state index contributed by atoms with van der Waals surface area (Å²) in [5, 5.41) is 8.71. The van der Waals surface area contributed by atoms with Crippen LogP contribution in [0.2, 0.25) is 0 Å². The van der Waals surface area contributed by atoms with Crippen molar-refractivity contribution < 1.29 is 27.9 Å². The van der Waals surface area contributed by atoms with Gasteiger partial charge < -0.3 is 10.0 Å². The minimum absolute atomic E-state index is 0.0501. The van der Waals surface area contributed by atoms with Gasteiger partial charge in [-0.2, -0.15) is 13.2 Å². The lowest BCUT2D eigenvalue weighted by atomic mass is 9.93. The van der Waals surface area contributed by atoms with Crippen LogP contribution in [0.3, 0.4) is 0 Å². The molecule has 1 unspecified atom stereocenters. The molecule has 23 heavy (non-hydrogen) atoms. The molecule has 1 fully saturated rings. The van der Waals surface area contributed by atoms with Gasteiger partial charge in [-0.05, 0) is 37.3 Å². The summed E-state index contributed by atoms with van der Waals surface area (Å²) in [6.45, 7) is 0.941. The van der Waals surface area contributed by atoms with Crippen LogP contribution >= 0.6 is 0 Å². The number of hydrogen-bond acceptors (Lipinski definition) is 3. The van der Waals surface area contributed by atoms with Gasteiger partial charge in [0, 0.05) is 25.7 Å². The third-order valence-electron chi connectivity index (χ3n) is 3.87. The predicted octanol–water partition coefficient (Wildman–Crippen LogP) is 2.82. The third-order valence-corrected chi connectivity index (χ3v) is 3.87. The van der Waals surface area contributed by atoms with Crippen molar-refractivity contribution >= 4 is 11.9 Å². The Kier molecular flexibility index (Phi) is 5.23. The standard InChI is InChI=1S/C15H17F3N2O3/c16-15(17,18)12-5-4-11(8-19-12)14(23)20-7-1-2-10(9-20)3-6-13(21)22/h4-5,8,10H,1-3,6-7,9H2,(H,21,22). The van der Waals surface area contributed by atoms with Gasteiger partial charge in [0.05, 0.1) is 5.56 Å². The first kappa shape index (κ1) is 17.2. The lowest BCUT2D eigenvalue weighted by Gasteiger charge is -2.32. The van der Waals surface area contributed by atoms with E-state index in [4.69, 9.17) is 5.11 Å². The Morgan fingerprint density at radius 3 is 2.65 bits per heavy atom. The number of aliphatic carboxylic acids is 1. The molecule has 0 bridgehead atoms. The summed E-state index contributed by atoms with van der Waals surface area (Å²) in [6.07, 6.45) is -1.45. The van der Waals surface area contributed by atoms with Gasteiger partial charge in [-0.25, -0.2) is 0 Å². The Bertz CT molecular complexity index is 572. The molecule has 1 N–H and O–H groups in total. The van der Waals surface area contributed by atoms with Crippen LogP contribution in [-0.2, 0) is 11.0 Å². The van der Waals surface area contributed by atoms with E-state index >= 15 is 0 Å². The van der Waals surface area contributed by atoms with Crippen molar-refractivity contribution in [2.75, 3.05) is 13.1 Å². The SMILES string of the molecule is O=C(O)CCC1CCCN(C(=O)c2ccc(C(F)(F)F)nc2)C1. The number of carbonyl (C=O) groups is 2. The zero-order valence-corrected chi connectivity index (χ0v) is 12.3. The number of pyridine rings is 1. The number of likely N-dealkylation sites (tertiary alicyclic amines) is 1. The van der Waals surface area contributed by atoms with Crippen LogP contribution in [0.1, 0.15) is 41.7 Å². The number of alkyl halides is 3. The van der Waals surface area contributed by atoms with Crippen molar-refractivity contribution in [2.45, 2.75) is 31.9 Å². The fourth-order valence-corrected chi connectivity index (χ4v) is 2.68. The van der Waals surface area contributed by atoms with Crippen LogP contribution in [0.15, 0.2) is 18.3 Å². The number of halogens is 3. The predicted molar refractivity (Wildman–Crippen MR) is 74.7 cm³/mol. The van der Waals surface area contributed by atoms with E-state index in [1.807, 2.05) is 0 Å². The van der Waals surface area contributed by atoms with Crippen LogP contribution in [0.5, 0.6) is 0 Å². The third kappa shape index (κ3) is 4.67. The van der Waals surface area contributed by atoms with Gasteiger partial charge in [0.2, 0.25) is 0 Å². The summed E-state index contributed by atoms with van der Waals surface area (Å²) in [6, 6.07) is 1.91. The zero-order chi connectivity index (χ0) is 17.0. The van der Waals surface area contributed by atoms with Crippen molar-refractivity contribution in [1.29, 1.82) is 0 Å². The first-order chi connectivity index (χ1) is 10.8. The molecule has 1 aliphatic rings. The van der Waals surface area contributed by atoms with Gasteiger partial charge in [0.15, 0.2) is 0 Å². The van der Waals surface area contributed by atoms with Gasteiger partial charge >= 0.3 is 12.1 Å². The van der Waals surface area contributed by atoms with Crippen LogP contribution in [-0.4, -0.2) is 40.0 Å². The molecule has 1 aromatic heterocycles. The molecule has 1 aliphatic heterocycles. The number of hydrogen-bond donors (Lipinski definition) is 1. The number of nitrogens with zero attached hydrogens (tertiary/aromatic N) is 2. The van der Waals surface area contributed by atoms with Crippen LogP contribution in [0, 0.1) is 5.92 Å². The first-order valence-electron chi connectivity index (χ1n) is 7.31. The first-order valence-corrected chi connectivity index (χ1v) is 7.31. The van der Waals surface area contributed by atoms with E-state index < -0.39 is 17.8 Å². The van der Waals surface area contributed by atoms with Crippen molar-refractivity contribution in [1.82, 2.24) is 9.88 Å². The molecule has 0 radical (unpaired) electrons. The summed E-state index contributed by atoms with van der Waals surface area (Å²) in [5.41, 5.74) is -0.927. The molecule has 0 saturated carbocycles. The summed E-state index contributed by atoms with van der Waals surface area (Å²) < 4.78 is 37.4. The molecule has 0 spiro atoms. The van der Waals surface area contributed by atoms with Crippen molar-refractivity contribution in [3.05, 3.63) is 29.6 Å². The fourth-order valence-electron chi connectivity index (χ4n) is 2.68. The van der Waals surface area contributed by atoms with Crippen LogP contribution in [0.25, 0.3) is 0 Å². The molecule has 1 amide bonds. The Balaban J connectivity index is 2.00. The summed E-state index contributed by atoms with van der Waals surface area (Å²) >= 11 is 0. The van der Waals surface area contributed by atoms with Crippen LogP contribution < -0.4 is 0 Å². The molecular weight excluding hydrogens is 313 g/mol. The second-order valence-electron chi connectivity index (χ2n) is 5.62. The highest BCUT2D eigenvalue weighted by Crippen LogP contribution is 2.28. The molecular formula is C15H17F3N2O3. The van der Waals surface area contributed by atoms with Gasteiger partial charge in [-0.3, -0.25) is 14.6 Å². The Morgan fingerprint density at radius 1 is 1.35 bits per heavy atom. The lowest BCUT2D eigenvalue weighted by molar-refractivity contribution is -0.141. The Morgan fingerprint density at radius 2 is 2.09 bits per heavy atom. The smallest absolute Gasteiger partial charge is 0.433 e. The summed E-state index contributed by atoms with van der Waals surface area (Å²) in [4.78, 5) is 27.8. The number of carbonyl (C=O) groups excluding carboxylic acids is 1. The van der Waals surface area contributed by atoms with E-state index in [0.29, 0.717) is 19.5 Å². The molecule has 1 atom stereocenters. The minimum atomic E-state index is -4.53. The van der Waals surface area contributed by atoms with Crippen molar-refractivity contribution in [2.24, 2.45) is 5.92 Å². The number of rotatable bonds is 4. The molecule has 2 heterocycles. The highest BCUT2D eigenvalue weighted by Gasteiger charge is 2.32. The topological polar surface area (TPSA) is 70.5 Å². The second kappa shape index (κ2) is 6.97. The van der Waals surface area contributed by atoms with Gasteiger partial charge in [0.1, 0.15) is 5.69 Å². The molecule has 0 aliphatic carbocycles. The van der Waals surface area contributed by atoms with E-state index in [1.165, 1.54) is 0 Å². The normalized spacial score (nSPS) is 18.7. The average Bonchev–Trinajstić information content (AvgIpc) is 2.52. The Labute approximate surface area is 131 Å². The second-order valence-corrected chi connectivity index (χ2v) is 5.62. The molecule has 0 aromatic carbocycles. The molecule has 126 valence electrons. The maximum atomic E-state index is 12.5. The molecule has 1 aromatic rings. The monoisotopic (exact) mass is 330 g/mol. The van der Waals surface area contributed by atoms with Gasteiger partial charge in [-0.1, -0.05) is 0 Å². The lowest BCUT2D eigenvalue weighted by Crippen LogP contribution is -2.40. The number of carboxylic acid groups (broad SMARTS) is 1. The molecule has 5 nitrogen and oxygen atoms in total. The molecule has 2 rings (SSSR count). The van der Waals surface area contributed by atoms with Crippen molar-refractivity contribution in [3.63, 3.8) is 0 Å². The summed E-state index contributed by atoms with van der Waals surface area (Å²) in [7, 11) is 0. The maximum Gasteiger partial charge on any atom is 0.433 e. The van der Waals surface area contributed by atoms with E-state index in [-0.39, 0.29) is 23.8 Å². The zero-order valence-electron chi connectivity index (χ0n) is 12.3. The largest absolute Gasteiger partial charge is 0.481 e. The quantitative estimate of drug-likeness (QED) is 0.921. The average molecular weight is 330 g/mol. The van der Waals surface area contributed by atoms with E-state index in [2.05, 4.69) is 4.98 Å². The number of aromatic nitrogens is 1. The van der Waals surface area contributed by atoms with Gasteiger partial charge in [0.25, 0.3) is 5.91 Å². The minimum Gasteiger partial charge on any atom is -0.481 e. The fraction of sp³-hybridized carbons (Fsp3) is 0.533. The van der Waals surface area contributed by atoms with Gasteiger partial charge in [-0.15, -0.1) is 0 Å². The number of amides is 1. The highest BCUT2D eigenvalue weighted by atomic mass is 19.4. The Hall–Kier alpha value is -2.12. The molecule has 1 saturated heterocycles. The van der Waals surface area contributed by atoms with E-state index in [0.717, 1.165) is 31.2 Å². The molecule has 8 heteroatoms. The van der Waals surface area contributed by atoms with Crippen molar-refractivity contribution in [3.8, 4) is 0 Å². The van der Waals surface area contributed by atoms with E-state index in [1.54, 1.807) is 4.90 Å². The summed E-state index contributed by atoms with van der Waals surface area (Å²) in [5.74, 6) is -1.14. The highest BCUT2D eigenvalue weighted by molar-refractivity contribution is 5.94. The number of carboxylic acids is 1. The number of piperidine rings is 1. The van der Waals surface area contributed by atoms with Crippen LogP contribution in [0.4, 0.5) is 13.2 Å². The maximum absolute atomic E-state index is 12.5. The van der Waals surface area contributed by atoms with E-state index in [9.17, 15) is 22.8 Å².